The molecule has 0 saturated carbocycles. The topological polar surface area (TPSA) is 26.3 Å². The van der Waals surface area contributed by atoms with Gasteiger partial charge in [-0.15, -0.1) is 0 Å². The number of carbonyl (C=O) groups excluding carboxylic acids is 1. The van der Waals surface area contributed by atoms with Crippen molar-refractivity contribution in [1.29, 1.82) is 0 Å². The van der Waals surface area contributed by atoms with Gasteiger partial charge in [0.2, 0.25) is 0 Å². The van der Waals surface area contributed by atoms with Gasteiger partial charge in [-0.3, -0.25) is 4.79 Å². The van der Waals surface area contributed by atoms with E-state index in [0.29, 0.717) is 0 Å². The summed E-state index contributed by atoms with van der Waals surface area (Å²) in [6.45, 7) is 3.35. The Morgan fingerprint density at radius 2 is 1.58 bits per heavy atom. The minimum atomic E-state index is -0.228. The van der Waals surface area contributed by atoms with Gasteiger partial charge in [0.1, 0.15) is 6.10 Å². The summed E-state index contributed by atoms with van der Waals surface area (Å²) < 4.78 is 5.13. The second kappa shape index (κ2) is 6.19. The fourth-order valence-electron chi connectivity index (χ4n) is 2.12. The molecule has 0 radical (unpaired) electrons. The number of hydrogen-bond donors (Lipinski definition) is 0. The second-order valence-electron chi connectivity index (χ2n) is 4.69. The largest absolute Gasteiger partial charge is 0.463 e. The quantitative estimate of drug-likeness (QED) is 0.775. The van der Waals surface area contributed by atoms with E-state index in [1.54, 1.807) is 0 Å². The van der Waals surface area contributed by atoms with Gasteiger partial charge < -0.3 is 4.74 Å². The van der Waals surface area contributed by atoms with Crippen LogP contribution in [-0.2, 0) is 16.0 Å². The molecule has 0 fully saturated rings. The summed E-state index contributed by atoms with van der Waals surface area (Å²) in [6.07, 6.45) is 0.661. The summed E-state index contributed by atoms with van der Waals surface area (Å²) in [7, 11) is 0. The normalized spacial score (nSPS) is 11.9. The number of benzene rings is 2. The van der Waals surface area contributed by atoms with Gasteiger partial charge >= 0.3 is 5.97 Å². The summed E-state index contributed by atoms with van der Waals surface area (Å²) in [5.74, 6) is -0.228. The van der Waals surface area contributed by atoms with Crippen molar-refractivity contribution in [2.24, 2.45) is 0 Å². The highest BCUT2D eigenvalue weighted by molar-refractivity contribution is 5.66. The number of ether oxygens (including phenoxy) is 1. The molecule has 2 nitrogen and oxygen atoms in total. The number of rotatable bonds is 4. The van der Waals surface area contributed by atoms with Crippen LogP contribution in [0.5, 0.6) is 0 Å². The van der Waals surface area contributed by atoms with Crippen molar-refractivity contribution in [3.63, 3.8) is 0 Å². The molecule has 0 saturated heterocycles. The zero-order valence-electron chi connectivity index (χ0n) is 11.3. The van der Waals surface area contributed by atoms with Gasteiger partial charge in [0.05, 0.1) is 0 Å². The van der Waals surface area contributed by atoms with Gasteiger partial charge in [-0.25, -0.2) is 0 Å². The molecule has 19 heavy (non-hydrogen) atoms. The van der Waals surface area contributed by atoms with Gasteiger partial charge in [0.15, 0.2) is 0 Å². The van der Waals surface area contributed by atoms with E-state index in [4.69, 9.17) is 4.74 Å². The summed E-state index contributed by atoms with van der Waals surface area (Å²) in [5.41, 5.74) is 3.58. The van der Waals surface area contributed by atoms with Crippen molar-refractivity contribution in [2.75, 3.05) is 0 Å². The minimum Gasteiger partial charge on any atom is -0.463 e. The van der Waals surface area contributed by atoms with E-state index in [1.807, 2.05) is 25.1 Å². The maximum Gasteiger partial charge on any atom is 0.302 e. The molecule has 0 aliphatic heterocycles. The highest BCUT2D eigenvalue weighted by Crippen LogP contribution is 2.19. The van der Waals surface area contributed by atoms with Crippen LogP contribution in [0.3, 0.4) is 0 Å². The smallest absolute Gasteiger partial charge is 0.302 e. The first-order valence-electron chi connectivity index (χ1n) is 6.47. The highest BCUT2D eigenvalue weighted by atomic mass is 16.5. The Morgan fingerprint density at radius 3 is 2.16 bits per heavy atom. The van der Waals surface area contributed by atoms with Crippen molar-refractivity contribution in [3.8, 4) is 11.1 Å². The van der Waals surface area contributed by atoms with Gasteiger partial charge in [0, 0.05) is 13.3 Å². The van der Waals surface area contributed by atoms with E-state index in [9.17, 15) is 4.79 Å². The van der Waals surface area contributed by atoms with Crippen molar-refractivity contribution in [2.45, 2.75) is 26.4 Å². The zero-order valence-corrected chi connectivity index (χ0v) is 11.3. The lowest BCUT2D eigenvalue weighted by molar-refractivity contribution is -0.145. The van der Waals surface area contributed by atoms with E-state index in [-0.39, 0.29) is 12.1 Å². The molecule has 1 atom stereocenters. The van der Waals surface area contributed by atoms with Crippen LogP contribution in [0.15, 0.2) is 54.6 Å². The maximum absolute atomic E-state index is 10.9. The molecule has 0 aliphatic carbocycles. The molecular formula is C17H18O2. The van der Waals surface area contributed by atoms with Gasteiger partial charge in [-0.05, 0) is 23.6 Å². The summed E-state index contributed by atoms with van der Waals surface area (Å²) in [4.78, 5) is 10.9. The first kappa shape index (κ1) is 13.3. The van der Waals surface area contributed by atoms with E-state index in [2.05, 4.69) is 36.4 Å². The Balaban J connectivity index is 2.05. The first-order chi connectivity index (χ1) is 9.15. The van der Waals surface area contributed by atoms with Gasteiger partial charge in [0.25, 0.3) is 0 Å². The molecule has 0 amide bonds. The fraction of sp³-hybridized carbons (Fsp3) is 0.235. The lowest BCUT2D eigenvalue weighted by Gasteiger charge is -2.12. The SMILES string of the molecule is CC(=O)OC(C)Cc1ccc(-c2ccccc2)cc1. The predicted octanol–water partition coefficient (Wildman–Crippen LogP) is 3.85. The van der Waals surface area contributed by atoms with Crippen LogP contribution in [0.1, 0.15) is 19.4 Å². The molecule has 0 spiro atoms. The highest BCUT2D eigenvalue weighted by Gasteiger charge is 2.06. The van der Waals surface area contributed by atoms with Gasteiger partial charge in [-0.2, -0.15) is 0 Å². The Labute approximate surface area is 114 Å². The Hall–Kier alpha value is -2.09. The Bertz CT molecular complexity index is 529. The molecule has 0 aromatic heterocycles. The molecule has 0 heterocycles. The molecule has 2 heteroatoms. The monoisotopic (exact) mass is 254 g/mol. The molecule has 2 rings (SSSR count). The third kappa shape index (κ3) is 3.95. The first-order valence-corrected chi connectivity index (χ1v) is 6.47. The summed E-state index contributed by atoms with van der Waals surface area (Å²) >= 11 is 0. The zero-order chi connectivity index (χ0) is 13.7. The maximum atomic E-state index is 10.9. The van der Waals surface area contributed by atoms with Crippen molar-refractivity contribution in [3.05, 3.63) is 60.2 Å². The van der Waals surface area contributed by atoms with E-state index < -0.39 is 0 Å². The Kier molecular flexibility index (Phi) is 4.35. The van der Waals surface area contributed by atoms with Crippen molar-refractivity contribution in [1.82, 2.24) is 0 Å². The van der Waals surface area contributed by atoms with Gasteiger partial charge in [-0.1, -0.05) is 54.6 Å². The van der Waals surface area contributed by atoms with E-state index in [0.717, 1.165) is 6.42 Å². The molecule has 98 valence electrons. The average Bonchev–Trinajstić information content (AvgIpc) is 2.39. The van der Waals surface area contributed by atoms with Crippen LogP contribution in [0.2, 0.25) is 0 Å². The molecule has 1 unspecified atom stereocenters. The van der Waals surface area contributed by atoms with Crippen LogP contribution in [0, 0.1) is 0 Å². The summed E-state index contributed by atoms with van der Waals surface area (Å²) in [5, 5.41) is 0. The van der Waals surface area contributed by atoms with Crippen molar-refractivity contribution >= 4 is 5.97 Å². The number of carbonyl (C=O) groups is 1. The second-order valence-corrected chi connectivity index (χ2v) is 4.69. The molecule has 2 aromatic rings. The van der Waals surface area contributed by atoms with Crippen LogP contribution in [-0.4, -0.2) is 12.1 Å². The lowest BCUT2D eigenvalue weighted by atomic mass is 10.0. The van der Waals surface area contributed by atoms with Crippen LogP contribution in [0.25, 0.3) is 11.1 Å². The molecule has 0 aliphatic rings. The fourth-order valence-corrected chi connectivity index (χ4v) is 2.12. The number of hydrogen-bond acceptors (Lipinski definition) is 2. The minimum absolute atomic E-state index is 0.0833. The molecule has 0 N–H and O–H groups in total. The third-order valence-corrected chi connectivity index (χ3v) is 2.95. The molecule has 0 bridgehead atoms. The summed E-state index contributed by atoms with van der Waals surface area (Å²) in [6, 6.07) is 18.6. The van der Waals surface area contributed by atoms with Crippen LogP contribution >= 0.6 is 0 Å². The van der Waals surface area contributed by atoms with Crippen LogP contribution < -0.4 is 0 Å². The standard InChI is InChI=1S/C17H18O2/c1-13(19-14(2)18)12-15-8-10-17(11-9-15)16-6-4-3-5-7-16/h3-11,13H,12H2,1-2H3. The average molecular weight is 254 g/mol. The van der Waals surface area contributed by atoms with Crippen LogP contribution in [0.4, 0.5) is 0 Å². The van der Waals surface area contributed by atoms with E-state index >= 15 is 0 Å². The molecule has 2 aromatic carbocycles. The van der Waals surface area contributed by atoms with Crippen molar-refractivity contribution < 1.29 is 9.53 Å². The lowest BCUT2D eigenvalue weighted by Crippen LogP contribution is -2.14. The molecular weight excluding hydrogens is 236 g/mol. The predicted molar refractivity (Wildman–Crippen MR) is 76.8 cm³/mol. The van der Waals surface area contributed by atoms with E-state index in [1.165, 1.54) is 23.6 Å². The number of esters is 1. The Morgan fingerprint density at radius 1 is 1.00 bits per heavy atom. The third-order valence-electron chi connectivity index (χ3n) is 2.95.